The Morgan fingerprint density at radius 2 is 2.12 bits per heavy atom. The molecule has 1 N–H and O–H groups in total. The molecule has 1 aromatic carbocycles. The summed E-state index contributed by atoms with van der Waals surface area (Å²) in [5, 5.41) is 3.15. The lowest BCUT2D eigenvalue weighted by Crippen LogP contribution is -2.39. The molecule has 0 spiro atoms. The lowest BCUT2D eigenvalue weighted by molar-refractivity contribution is -0.132. The third-order valence-corrected chi connectivity index (χ3v) is 5.47. The van der Waals surface area contributed by atoms with Gasteiger partial charge < -0.3 is 10.2 Å². The zero-order chi connectivity index (χ0) is 22.5. The number of nitrogens with zero attached hydrogens (tertiary/aromatic N) is 4. The third-order valence-electron chi connectivity index (χ3n) is 5.47. The monoisotopic (exact) mass is 433 g/mol. The normalized spacial score (nSPS) is 15.9. The molecule has 0 aliphatic carbocycles. The summed E-state index contributed by atoms with van der Waals surface area (Å²) < 4.78 is 13.7. The number of pyridine rings is 1. The molecule has 1 unspecified atom stereocenters. The van der Waals surface area contributed by atoms with Crippen molar-refractivity contribution in [2.45, 2.75) is 32.1 Å². The van der Waals surface area contributed by atoms with Gasteiger partial charge in [0.1, 0.15) is 17.5 Å². The molecule has 1 fully saturated rings. The van der Waals surface area contributed by atoms with Gasteiger partial charge in [0, 0.05) is 60.7 Å². The highest BCUT2D eigenvalue weighted by Crippen LogP contribution is 2.29. The van der Waals surface area contributed by atoms with Crippen LogP contribution in [-0.4, -0.2) is 45.1 Å². The van der Waals surface area contributed by atoms with Gasteiger partial charge in [0.15, 0.2) is 6.29 Å². The van der Waals surface area contributed by atoms with E-state index in [4.69, 9.17) is 9.97 Å². The van der Waals surface area contributed by atoms with E-state index in [1.165, 1.54) is 18.3 Å². The zero-order valence-electron chi connectivity index (χ0n) is 17.8. The highest BCUT2D eigenvalue weighted by Gasteiger charge is 2.26. The molecule has 1 aliphatic rings. The number of likely N-dealkylation sites (tertiary alicyclic amines) is 1. The van der Waals surface area contributed by atoms with E-state index in [0.717, 1.165) is 25.7 Å². The topological polar surface area (TPSA) is 88.1 Å². The second-order valence-corrected chi connectivity index (χ2v) is 7.79. The highest BCUT2D eigenvalue weighted by molar-refractivity contribution is 5.78. The molecule has 8 heteroatoms. The minimum Gasteiger partial charge on any atom is -0.342 e. The van der Waals surface area contributed by atoms with Crippen LogP contribution in [0.1, 0.15) is 48.3 Å². The van der Waals surface area contributed by atoms with Crippen LogP contribution < -0.4 is 5.32 Å². The van der Waals surface area contributed by atoms with Crippen molar-refractivity contribution in [3.05, 3.63) is 66.0 Å². The van der Waals surface area contributed by atoms with Crippen LogP contribution in [0, 0.1) is 5.82 Å². The molecular weight excluding hydrogens is 409 g/mol. The Kier molecular flexibility index (Phi) is 6.49. The molecule has 4 rings (SSSR count). The van der Waals surface area contributed by atoms with Crippen molar-refractivity contribution in [2.24, 2.45) is 0 Å². The summed E-state index contributed by atoms with van der Waals surface area (Å²) >= 11 is 0. The van der Waals surface area contributed by atoms with Crippen LogP contribution in [0.4, 0.5) is 15.9 Å². The number of aldehydes is 1. The predicted octanol–water partition coefficient (Wildman–Crippen LogP) is 4.35. The smallest absolute Gasteiger partial charge is 0.222 e. The Balaban J connectivity index is 1.73. The predicted molar refractivity (Wildman–Crippen MR) is 119 cm³/mol. The maximum atomic E-state index is 13.7. The molecule has 1 saturated heterocycles. The molecular formula is C24H24FN5O2. The van der Waals surface area contributed by atoms with Gasteiger partial charge in [-0.25, -0.2) is 14.4 Å². The largest absolute Gasteiger partial charge is 0.342 e. The third kappa shape index (κ3) is 4.96. The van der Waals surface area contributed by atoms with E-state index < -0.39 is 0 Å². The quantitative estimate of drug-likeness (QED) is 0.582. The number of aromatic nitrogens is 3. The number of carbonyl (C=O) groups is 2. The molecule has 1 amide bonds. The summed E-state index contributed by atoms with van der Waals surface area (Å²) in [7, 11) is 0. The molecule has 3 aromatic rings. The van der Waals surface area contributed by atoms with Crippen molar-refractivity contribution in [3.63, 3.8) is 0 Å². The van der Waals surface area contributed by atoms with Crippen molar-refractivity contribution in [1.29, 1.82) is 0 Å². The summed E-state index contributed by atoms with van der Waals surface area (Å²) in [5.74, 6) is 0.854. The molecule has 1 aliphatic heterocycles. The molecule has 0 saturated carbocycles. The fourth-order valence-corrected chi connectivity index (χ4v) is 3.87. The summed E-state index contributed by atoms with van der Waals surface area (Å²) in [6.45, 7) is 3.15. The second-order valence-electron chi connectivity index (χ2n) is 7.79. The van der Waals surface area contributed by atoms with Gasteiger partial charge in [0.25, 0.3) is 0 Å². The average Bonchev–Trinajstić information content (AvgIpc) is 2.83. The first-order chi connectivity index (χ1) is 15.6. The number of piperidine rings is 1. The van der Waals surface area contributed by atoms with Crippen LogP contribution in [-0.2, 0) is 4.79 Å². The van der Waals surface area contributed by atoms with Crippen molar-refractivity contribution in [2.75, 3.05) is 18.4 Å². The summed E-state index contributed by atoms with van der Waals surface area (Å²) in [5.41, 5.74) is 2.29. The number of nitrogens with one attached hydrogen (secondary N) is 1. The Hall–Kier alpha value is -3.68. The number of anilines is 2. The van der Waals surface area contributed by atoms with E-state index in [2.05, 4.69) is 10.3 Å². The van der Waals surface area contributed by atoms with E-state index in [1.54, 1.807) is 30.5 Å². The summed E-state index contributed by atoms with van der Waals surface area (Å²) in [6, 6.07) is 9.59. The van der Waals surface area contributed by atoms with Crippen LogP contribution in [0.5, 0.6) is 0 Å². The number of amides is 1. The van der Waals surface area contributed by atoms with Gasteiger partial charge in [-0.2, -0.15) is 0 Å². The fraction of sp³-hybridized carbons (Fsp3) is 0.292. The second kappa shape index (κ2) is 9.64. The standard InChI is InChI=1S/C24H24FN5O2/c1-2-23(32)30-8-4-5-17(14-30)24-28-21(18-9-16(15-31)12-26-13-18)11-22(29-24)27-20-7-3-6-19(25)10-20/h3,6-7,9-13,15,17H,2,4-5,8,14H2,1H3,(H,27,28,29). The minimum absolute atomic E-state index is 0.0190. The van der Waals surface area contributed by atoms with Crippen molar-refractivity contribution in [3.8, 4) is 11.3 Å². The molecule has 0 bridgehead atoms. The molecule has 3 heterocycles. The fourth-order valence-electron chi connectivity index (χ4n) is 3.87. The lowest BCUT2D eigenvalue weighted by atomic mass is 9.96. The van der Waals surface area contributed by atoms with Gasteiger partial charge in [0.05, 0.1) is 5.69 Å². The van der Waals surface area contributed by atoms with Crippen LogP contribution >= 0.6 is 0 Å². The first-order valence-electron chi connectivity index (χ1n) is 10.7. The Labute approximate surface area is 185 Å². The van der Waals surface area contributed by atoms with E-state index in [-0.39, 0.29) is 17.6 Å². The zero-order valence-corrected chi connectivity index (χ0v) is 17.8. The summed E-state index contributed by atoms with van der Waals surface area (Å²) in [6.07, 6.45) is 6.06. The molecule has 32 heavy (non-hydrogen) atoms. The minimum atomic E-state index is -0.353. The Bertz CT molecular complexity index is 1140. The summed E-state index contributed by atoms with van der Waals surface area (Å²) in [4.78, 5) is 38.9. The van der Waals surface area contributed by atoms with Crippen molar-refractivity contribution >= 4 is 23.7 Å². The first kappa shape index (κ1) is 21.5. The van der Waals surface area contributed by atoms with E-state index in [1.807, 2.05) is 11.8 Å². The van der Waals surface area contributed by atoms with Crippen LogP contribution in [0.15, 0.2) is 48.8 Å². The molecule has 164 valence electrons. The number of carbonyl (C=O) groups excluding carboxylic acids is 2. The van der Waals surface area contributed by atoms with Crippen LogP contribution in [0.25, 0.3) is 11.3 Å². The number of hydrogen-bond donors (Lipinski definition) is 1. The van der Waals surface area contributed by atoms with Gasteiger partial charge in [-0.1, -0.05) is 13.0 Å². The van der Waals surface area contributed by atoms with Crippen molar-refractivity contribution in [1.82, 2.24) is 19.9 Å². The van der Waals surface area contributed by atoms with Gasteiger partial charge in [0.2, 0.25) is 5.91 Å². The van der Waals surface area contributed by atoms with Crippen molar-refractivity contribution < 1.29 is 14.0 Å². The van der Waals surface area contributed by atoms with Gasteiger partial charge in [-0.15, -0.1) is 0 Å². The van der Waals surface area contributed by atoms with Gasteiger partial charge in [-0.3, -0.25) is 14.6 Å². The molecule has 7 nitrogen and oxygen atoms in total. The lowest BCUT2D eigenvalue weighted by Gasteiger charge is -2.32. The van der Waals surface area contributed by atoms with E-state index in [9.17, 15) is 14.0 Å². The van der Waals surface area contributed by atoms with Crippen LogP contribution in [0.2, 0.25) is 0 Å². The molecule has 2 aromatic heterocycles. The van der Waals surface area contributed by atoms with E-state index in [0.29, 0.717) is 47.1 Å². The SMILES string of the molecule is CCC(=O)N1CCCC(c2nc(Nc3cccc(F)c3)cc(-c3cncc(C=O)c3)n2)C1. The number of halogens is 1. The van der Waals surface area contributed by atoms with Crippen LogP contribution in [0.3, 0.4) is 0 Å². The highest BCUT2D eigenvalue weighted by atomic mass is 19.1. The number of hydrogen-bond acceptors (Lipinski definition) is 6. The Morgan fingerprint density at radius 1 is 1.25 bits per heavy atom. The van der Waals surface area contributed by atoms with E-state index >= 15 is 0 Å². The van der Waals surface area contributed by atoms with Gasteiger partial charge >= 0.3 is 0 Å². The maximum Gasteiger partial charge on any atom is 0.222 e. The maximum absolute atomic E-state index is 13.7. The number of benzene rings is 1. The molecule has 1 atom stereocenters. The Morgan fingerprint density at radius 3 is 2.91 bits per heavy atom. The molecule has 0 radical (unpaired) electrons. The average molecular weight is 433 g/mol. The first-order valence-corrected chi connectivity index (χ1v) is 10.7. The van der Waals surface area contributed by atoms with Gasteiger partial charge in [-0.05, 0) is 37.1 Å². The number of rotatable bonds is 6.